The van der Waals surface area contributed by atoms with Crippen molar-refractivity contribution in [2.45, 2.75) is 57.1 Å². The van der Waals surface area contributed by atoms with E-state index in [1.54, 1.807) is 12.1 Å². The van der Waals surface area contributed by atoms with Crippen LogP contribution in [-0.2, 0) is 9.53 Å². The highest BCUT2D eigenvalue weighted by Gasteiger charge is 2.40. The van der Waals surface area contributed by atoms with E-state index in [0.29, 0.717) is 10.0 Å². The third-order valence-corrected chi connectivity index (χ3v) is 6.09. The highest BCUT2D eigenvalue weighted by molar-refractivity contribution is 9.10. The second kappa shape index (κ2) is 9.52. The van der Waals surface area contributed by atoms with Crippen LogP contribution in [-0.4, -0.2) is 30.3 Å². The SMILES string of the molecule is C=C1NC(=O)NC(c2cc(Br)c(O)c(OC)c2)C1C(=O)OC1CCCCCCC1. The molecule has 3 N–H and O–H groups in total. The van der Waals surface area contributed by atoms with Gasteiger partial charge in [-0.3, -0.25) is 4.79 Å². The van der Waals surface area contributed by atoms with Crippen LogP contribution in [0.4, 0.5) is 4.79 Å². The van der Waals surface area contributed by atoms with Gasteiger partial charge in [0, 0.05) is 5.70 Å². The number of urea groups is 1. The monoisotopic (exact) mass is 466 g/mol. The zero-order chi connectivity index (χ0) is 21.0. The first-order chi connectivity index (χ1) is 13.9. The summed E-state index contributed by atoms with van der Waals surface area (Å²) >= 11 is 3.29. The number of methoxy groups -OCH3 is 1. The average molecular weight is 467 g/mol. The smallest absolute Gasteiger partial charge is 0.319 e. The van der Waals surface area contributed by atoms with Crippen LogP contribution in [0.15, 0.2) is 28.9 Å². The topological polar surface area (TPSA) is 96.9 Å². The van der Waals surface area contributed by atoms with Crippen molar-refractivity contribution in [3.8, 4) is 11.5 Å². The van der Waals surface area contributed by atoms with E-state index >= 15 is 0 Å². The van der Waals surface area contributed by atoms with E-state index in [1.165, 1.54) is 13.5 Å². The number of hydrogen-bond acceptors (Lipinski definition) is 5. The number of benzene rings is 1. The minimum atomic E-state index is -0.792. The first kappa shape index (κ1) is 21.5. The summed E-state index contributed by atoms with van der Waals surface area (Å²) in [5.74, 6) is -1.02. The van der Waals surface area contributed by atoms with Crippen molar-refractivity contribution in [3.05, 3.63) is 34.4 Å². The fraction of sp³-hybridized carbons (Fsp3) is 0.524. The molecule has 1 saturated carbocycles. The maximum Gasteiger partial charge on any atom is 0.319 e. The van der Waals surface area contributed by atoms with Crippen molar-refractivity contribution in [3.63, 3.8) is 0 Å². The summed E-state index contributed by atoms with van der Waals surface area (Å²) in [5, 5.41) is 15.5. The third kappa shape index (κ3) is 5.04. The number of phenols is 1. The van der Waals surface area contributed by atoms with Crippen molar-refractivity contribution in [2.75, 3.05) is 7.11 Å². The van der Waals surface area contributed by atoms with Gasteiger partial charge in [0.2, 0.25) is 0 Å². The molecule has 0 spiro atoms. The van der Waals surface area contributed by atoms with E-state index in [9.17, 15) is 14.7 Å². The minimum absolute atomic E-state index is 0.0519. The van der Waals surface area contributed by atoms with Gasteiger partial charge < -0.3 is 25.2 Å². The van der Waals surface area contributed by atoms with Crippen LogP contribution in [0.5, 0.6) is 11.5 Å². The van der Waals surface area contributed by atoms with Crippen LogP contribution < -0.4 is 15.4 Å². The van der Waals surface area contributed by atoms with Gasteiger partial charge in [0.25, 0.3) is 0 Å². The Bertz CT molecular complexity index is 790. The Morgan fingerprint density at radius 3 is 2.52 bits per heavy atom. The van der Waals surface area contributed by atoms with Crippen LogP contribution in [0.1, 0.15) is 56.6 Å². The van der Waals surface area contributed by atoms with Gasteiger partial charge in [-0.05, 0) is 59.3 Å². The summed E-state index contributed by atoms with van der Waals surface area (Å²) in [6.45, 7) is 3.89. The number of ether oxygens (including phenoxy) is 2. The standard InChI is InChI=1S/C21H27BrN2O5/c1-12-17(20(26)29-14-8-6-4-3-5-7-9-14)18(24-21(27)23-12)13-10-15(22)19(25)16(11-13)28-2/h10-11,14,17-18,25H,1,3-9H2,2H3,(H2,23,24,27). The molecule has 2 amide bonds. The van der Waals surface area contributed by atoms with Crippen molar-refractivity contribution in [2.24, 2.45) is 5.92 Å². The first-order valence-corrected chi connectivity index (χ1v) is 10.7. The maximum absolute atomic E-state index is 13.1. The van der Waals surface area contributed by atoms with E-state index in [-0.39, 0.29) is 23.3 Å². The molecule has 2 fully saturated rings. The number of nitrogens with one attached hydrogen (secondary N) is 2. The molecule has 0 aromatic heterocycles. The largest absolute Gasteiger partial charge is 0.503 e. The Hall–Kier alpha value is -2.22. The number of esters is 1. The Morgan fingerprint density at radius 2 is 1.86 bits per heavy atom. The molecule has 158 valence electrons. The quantitative estimate of drug-likeness (QED) is 0.574. The summed E-state index contributed by atoms with van der Waals surface area (Å²) in [7, 11) is 1.44. The first-order valence-electron chi connectivity index (χ1n) is 9.94. The van der Waals surface area contributed by atoms with E-state index in [0.717, 1.165) is 38.5 Å². The Labute approximate surface area is 179 Å². The number of carbonyl (C=O) groups excluding carboxylic acids is 2. The Morgan fingerprint density at radius 1 is 1.21 bits per heavy atom. The van der Waals surface area contributed by atoms with Gasteiger partial charge in [0.15, 0.2) is 11.5 Å². The summed E-state index contributed by atoms with van der Waals surface area (Å²) in [6, 6.07) is 2.11. The molecule has 1 aromatic rings. The number of halogens is 1. The van der Waals surface area contributed by atoms with Gasteiger partial charge in [-0.15, -0.1) is 0 Å². The Balaban J connectivity index is 1.86. The molecule has 1 aliphatic carbocycles. The lowest BCUT2D eigenvalue weighted by atomic mass is 9.88. The number of rotatable bonds is 4. The van der Waals surface area contributed by atoms with Crippen molar-refractivity contribution >= 4 is 27.9 Å². The van der Waals surface area contributed by atoms with Gasteiger partial charge in [-0.1, -0.05) is 25.8 Å². The van der Waals surface area contributed by atoms with Crippen LogP contribution in [0, 0.1) is 5.92 Å². The van der Waals surface area contributed by atoms with E-state index in [1.807, 2.05) is 0 Å². The van der Waals surface area contributed by atoms with Crippen LogP contribution in [0.3, 0.4) is 0 Å². The zero-order valence-electron chi connectivity index (χ0n) is 16.5. The number of hydrogen-bond donors (Lipinski definition) is 3. The molecular weight excluding hydrogens is 440 g/mol. The number of aromatic hydroxyl groups is 1. The zero-order valence-corrected chi connectivity index (χ0v) is 18.1. The summed E-state index contributed by atoms with van der Waals surface area (Å²) in [6.07, 6.45) is 7.23. The molecule has 3 rings (SSSR count). The highest BCUT2D eigenvalue weighted by atomic mass is 79.9. The molecule has 7 nitrogen and oxygen atoms in total. The fourth-order valence-electron chi connectivity index (χ4n) is 3.94. The van der Waals surface area contributed by atoms with Gasteiger partial charge in [0.05, 0.1) is 17.6 Å². The summed E-state index contributed by atoms with van der Waals surface area (Å²) in [5.41, 5.74) is 0.889. The number of carbonyl (C=O) groups is 2. The van der Waals surface area contributed by atoms with Crippen LogP contribution >= 0.6 is 15.9 Å². The predicted molar refractivity (Wildman–Crippen MR) is 112 cm³/mol. The molecular formula is C21H27BrN2O5. The van der Waals surface area contributed by atoms with E-state index < -0.39 is 24.0 Å². The number of phenolic OH excluding ortho intramolecular Hbond substituents is 1. The third-order valence-electron chi connectivity index (χ3n) is 5.49. The molecule has 2 unspecified atom stereocenters. The normalized spacial score (nSPS) is 23.4. The fourth-order valence-corrected chi connectivity index (χ4v) is 4.40. The summed E-state index contributed by atoms with van der Waals surface area (Å²) < 4.78 is 11.5. The second-order valence-corrected chi connectivity index (χ2v) is 8.39. The van der Waals surface area contributed by atoms with Gasteiger partial charge in [0.1, 0.15) is 12.0 Å². The number of amides is 2. The maximum atomic E-state index is 13.1. The lowest BCUT2D eigenvalue weighted by molar-refractivity contribution is -0.155. The molecule has 1 saturated heterocycles. The lowest BCUT2D eigenvalue weighted by Crippen LogP contribution is -2.51. The molecule has 2 aliphatic rings. The van der Waals surface area contributed by atoms with Crippen molar-refractivity contribution in [1.82, 2.24) is 10.6 Å². The van der Waals surface area contributed by atoms with Gasteiger partial charge in [-0.2, -0.15) is 0 Å². The molecule has 1 aliphatic heterocycles. The van der Waals surface area contributed by atoms with E-state index in [2.05, 4.69) is 33.1 Å². The predicted octanol–water partition coefficient (Wildman–Crippen LogP) is 4.30. The average Bonchev–Trinajstić information content (AvgIpc) is 2.65. The van der Waals surface area contributed by atoms with Gasteiger partial charge in [-0.25, -0.2) is 4.79 Å². The second-order valence-electron chi connectivity index (χ2n) is 7.54. The van der Waals surface area contributed by atoms with Gasteiger partial charge >= 0.3 is 12.0 Å². The lowest BCUT2D eigenvalue weighted by Gasteiger charge is -2.34. The molecule has 29 heavy (non-hydrogen) atoms. The van der Waals surface area contributed by atoms with E-state index in [4.69, 9.17) is 9.47 Å². The summed E-state index contributed by atoms with van der Waals surface area (Å²) in [4.78, 5) is 25.2. The minimum Gasteiger partial charge on any atom is -0.503 e. The molecule has 1 aromatic carbocycles. The molecule has 8 heteroatoms. The molecule has 0 bridgehead atoms. The van der Waals surface area contributed by atoms with Crippen LogP contribution in [0.25, 0.3) is 0 Å². The van der Waals surface area contributed by atoms with Crippen molar-refractivity contribution < 1.29 is 24.2 Å². The van der Waals surface area contributed by atoms with Crippen molar-refractivity contribution in [1.29, 1.82) is 0 Å². The molecule has 1 heterocycles. The molecule has 2 atom stereocenters. The van der Waals surface area contributed by atoms with Crippen LogP contribution in [0.2, 0.25) is 0 Å². The molecule has 0 radical (unpaired) electrons. The highest BCUT2D eigenvalue weighted by Crippen LogP contribution is 2.40. The Kier molecular flexibility index (Phi) is 7.05.